The van der Waals surface area contributed by atoms with Gasteiger partial charge in [0.05, 0.1) is 12.2 Å². The number of rotatable bonds is 7. The van der Waals surface area contributed by atoms with E-state index < -0.39 is 17.9 Å². The molecule has 0 spiro atoms. The van der Waals surface area contributed by atoms with E-state index in [-0.39, 0.29) is 17.7 Å². The topological polar surface area (TPSA) is 96.5 Å². The van der Waals surface area contributed by atoms with Gasteiger partial charge in [-0.15, -0.1) is 0 Å². The molecule has 7 nitrogen and oxygen atoms in total. The Labute approximate surface area is 166 Å². The van der Waals surface area contributed by atoms with Crippen LogP contribution in [0.25, 0.3) is 0 Å². The first-order valence-corrected chi connectivity index (χ1v) is 10.1. The Morgan fingerprint density at radius 2 is 1.75 bits per heavy atom. The summed E-state index contributed by atoms with van der Waals surface area (Å²) in [7, 11) is 0. The minimum atomic E-state index is -0.783. The fourth-order valence-electron chi connectivity index (χ4n) is 3.36. The highest BCUT2D eigenvalue weighted by Gasteiger charge is 2.27. The second-order valence-corrected chi connectivity index (χ2v) is 7.44. The van der Waals surface area contributed by atoms with Crippen LogP contribution in [0.4, 0.5) is 0 Å². The van der Waals surface area contributed by atoms with E-state index in [1.54, 1.807) is 24.3 Å². The molecule has 3 N–H and O–H groups in total. The van der Waals surface area contributed by atoms with Crippen LogP contribution in [-0.2, 0) is 9.59 Å². The summed E-state index contributed by atoms with van der Waals surface area (Å²) in [6, 6.07) is 6.11. The second-order valence-electron chi connectivity index (χ2n) is 7.44. The molecule has 0 bridgehead atoms. The maximum atomic E-state index is 12.7. The monoisotopic (exact) mass is 389 g/mol. The summed E-state index contributed by atoms with van der Waals surface area (Å²) in [5.41, 5.74) is 5.36. The van der Waals surface area contributed by atoms with Crippen LogP contribution in [0.15, 0.2) is 24.3 Å². The lowest BCUT2D eigenvalue weighted by Gasteiger charge is -2.24. The van der Waals surface area contributed by atoms with Crippen molar-refractivity contribution < 1.29 is 19.1 Å². The maximum absolute atomic E-state index is 12.7. The van der Waals surface area contributed by atoms with Crippen LogP contribution in [-0.4, -0.2) is 30.4 Å². The third-order valence-electron chi connectivity index (χ3n) is 4.95. The van der Waals surface area contributed by atoms with E-state index in [2.05, 4.69) is 16.2 Å². The Kier molecular flexibility index (Phi) is 8.29. The first kappa shape index (κ1) is 21.7. The van der Waals surface area contributed by atoms with Gasteiger partial charge in [0.15, 0.2) is 0 Å². The number of para-hydroxylation sites is 1. The molecule has 1 aliphatic carbocycles. The smallest absolute Gasteiger partial charge is 0.261 e. The van der Waals surface area contributed by atoms with Crippen molar-refractivity contribution in [2.45, 2.75) is 58.9 Å². The lowest BCUT2D eigenvalue weighted by molar-refractivity contribution is -0.133. The van der Waals surface area contributed by atoms with Crippen molar-refractivity contribution in [2.24, 2.45) is 11.8 Å². The van der Waals surface area contributed by atoms with E-state index >= 15 is 0 Å². The van der Waals surface area contributed by atoms with Gasteiger partial charge in [0.25, 0.3) is 11.8 Å². The summed E-state index contributed by atoms with van der Waals surface area (Å²) in [4.78, 5) is 37.5. The van der Waals surface area contributed by atoms with E-state index in [9.17, 15) is 14.4 Å². The molecule has 0 aromatic heterocycles. The molecule has 0 aliphatic heterocycles. The van der Waals surface area contributed by atoms with Gasteiger partial charge in [0.2, 0.25) is 5.91 Å². The van der Waals surface area contributed by atoms with Crippen LogP contribution in [0.1, 0.15) is 63.2 Å². The number of nitrogens with one attached hydrogen (secondary N) is 3. The molecule has 3 amide bonds. The van der Waals surface area contributed by atoms with E-state index in [0.717, 1.165) is 32.1 Å². The first-order chi connectivity index (χ1) is 13.4. The molecule has 1 fully saturated rings. The summed E-state index contributed by atoms with van der Waals surface area (Å²) in [5, 5.41) is 2.75. The molecule has 1 saturated carbocycles. The lowest BCUT2D eigenvalue weighted by Crippen LogP contribution is -2.55. The predicted molar refractivity (Wildman–Crippen MR) is 107 cm³/mol. The van der Waals surface area contributed by atoms with E-state index in [1.165, 1.54) is 0 Å². The third-order valence-corrected chi connectivity index (χ3v) is 4.95. The number of hydrogen-bond donors (Lipinski definition) is 3. The average Bonchev–Trinajstić information content (AvgIpc) is 2.70. The Bertz CT molecular complexity index is 684. The fourth-order valence-corrected chi connectivity index (χ4v) is 3.36. The molecule has 0 radical (unpaired) electrons. The van der Waals surface area contributed by atoms with Crippen molar-refractivity contribution in [3.63, 3.8) is 0 Å². The van der Waals surface area contributed by atoms with Crippen molar-refractivity contribution in [3.8, 4) is 5.75 Å². The number of hydrazine groups is 1. The summed E-state index contributed by atoms with van der Waals surface area (Å²) in [6.45, 7) is 5.95. The minimum absolute atomic E-state index is 0.0563. The minimum Gasteiger partial charge on any atom is -0.493 e. The van der Waals surface area contributed by atoms with Crippen molar-refractivity contribution in [1.29, 1.82) is 0 Å². The van der Waals surface area contributed by atoms with Gasteiger partial charge < -0.3 is 10.1 Å². The van der Waals surface area contributed by atoms with Crippen LogP contribution in [0.2, 0.25) is 0 Å². The molecular weight excluding hydrogens is 358 g/mol. The molecule has 1 aliphatic rings. The normalized spacial score (nSPS) is 15.6. The highest BCUT2D eigenvalue weighted by atomic mass is 16.5. The second kappa shape index (κ2) is 10.7. The van der Waals surface area contributed by atoms with Gasteiger partial charge in [-0.2, -0.15) is 0 Å². The first-order valence-electron chi connectivity index (χ1n) is 10.1. The summed E-state index contributed by atoms with van der Waals surface area (Å²) >= 11 is 0. The predicted octanol–water partition coefficient (Wildman–Crippen LogP) is 2.57. The number of amides is 3. The zero-order chi connectivity index (χ0) is 20.5. The van der Waals surface area contributed by atoms with E-state index in [4.69, 9.17) is 4.74 Å². The van der Waals surface area contributed by atoms with Gasteiger partial charge in [-0.25, -0.2) is 0 Å². The molecule has 7 heteroatoms. The maximum Gasteiger partial charge on any atom is 0.261 e. The molecule has 1 aromatic carbocycles. The molecule has 0 heterocycles. The molecule has 1 aromatic rings. The zero-order valence-electron chi connectivity index (χ0n) is 16.9. The number of carbonyl (C=O) groups is 3. The van der Waals surface area contributed by atoms with E-state index in [1.807, 2.05) is 20.8 Å². The molecule has 28 heavy (non-hydrogen) atoms. The summed E-state index contributed by atoms with van der Waals surface area (Å²) in [6.07, 6.45) is 4.92. The number of hydrogen-bond acceptors (Lipinski definition) is 4. The van der Waals surface area contributed by atoms with Crippen LogP contribution in [0.5, 0.6) is 5.75 Å². The van der Waals surface area contributed by atoms with Gasteiger partial charge in [0.1, 0.15) is 11.8 Å². The molecule has 2 rings (SSSR count). The number of benzene rings is 1. The standard InChI is InChI=1S/C21H31N3O4/c1-4-28-17-13-9-8-12-16(17)20(26)22-18(14(2)3)21(27)24-23-19(25)15-10-6-5-7-11-15/h8-9,12-15,18H,4-7,10-11H2,1-3H3,(H,22,26)(H,23,25)(H,24,27)/t18-/m0/s1. The summed E-state index contributed by atoms with van der Waals surface area (Å²) < 4.78 is 5.49. The fraction of sp³-hybridized carbons (Fsp3) is 0.571. The number of ether oxygens (including phenoxy) is 1. The van der Waals surface area contributed by atoms with Gasteiger partial charge >= 0.3 is 0 Å². The van der Waals surface area contributed by atoms with Gasteiger partial charge in [-0.05, 0) is 37.8 Å². The highest BCUT2D eigenvalue weighted by Crippen LogP contribution is 2.23. The zero-order valence-corrected chi connectivity index (χ0v) is 16.9. The van der Waals surface area contributed by atoms with Gasteiger partial charge in [-0.1, -0.05) is 45.2 Å². The quantitative estimate of drug-likeness (QED) is 0.625. The lowest BCUT2D eigenvalue weighted by atomic mass is 9.89. The SMILES string of the molecule is CCOc1ccccc1C(=O)N[C@H](C(=O)NNC(=O)C1CCCCC1)C(C)C. The van der Waals surface area contributed by atoms with Gasteiger partial charge in [-0.3, -0.25) is 25.2 Å². The van der Waals surface area contributed by atoms with E-state index in [0.29, 0.717) is 17.9 Å². The number of carbonyl (C=O) groups excluding carboxylic acids is 3. The van der Waals surface area contributed by atoms with Crippen LogP contribution in [0, 0.1) is 11.8 Å². The Morgan fingerprint density at radius 3 is 2.39 bits per heavy atom. The van der Waals surface area contributed by atoms with Crippen molar-refractivity contribution in [3.05, 3.63) is 29.8 Å². The van der Waals surface area contributed by atoms with Crippen molar-refractivity contribution in [2.75, 3.05) is 6.61 Å². The third kappa shape index (κ3) is 5.97. The van der Waals surface area contributed by atoms with Crippen molar-refractivity contribution >= 4 is 17.7 Å². The van der Waals surface area contributed by atoms with Gasteiger partial charge in [0, 0.05) is 5.92 Å². The Hall–Kier alpha value is -2.57. The average molecular weight is 389 g/mol. The van der Waals surface area contributed by atoms with Crippen molar-refractivity contribution in [1.82, 2.24) is 16.2 Å². The molecule has 0 unspecified atom stereocenters. The van der Waals surface area contributed by atoms with Crippen LogP contribution >= 0.6 is 0 Å². The Balaban J connectivity index is 1.97. The largest absolute Gasteiger partial charge is 0.493 e. The highest BCUT2D eigenvalue weighted by molar-refractivity contribution is 5.99. The Morgan fingerprint density at radius 1 is 1.07 bits per heavy atom. The molecule has 0 saturated heterocycles. The van der Waals surface area contributed by atoms with Crippen LogP contribution in [0.3, 0.4) is 0 Å². The molecule has 1 atom stereocenters. The molecular formula is C21H31N3O4. The summed E-state index contributed by atoms with van der Waals surface area (Å²) in [5.74, 6) is -0.744. The molecule has 154 valence electrons. The van der Waals surface area contributed by atoms with Crippen LogP contribution < -0.4 is 20.9 Å².